The lowest BCUT2D eigenvalue weighted by Gasteiger charge is -2.39. The third kappa shape index (κ3) is 3.94. The average Bonchev–Trinajstić information content (AvgIpc) is 3.03. The molecule has 5 heteroatoms. The van der Waals surface area contributed by atoms with Crippen LogP contribution in [0.1, 0.15) is 46.5 Å². The first-order valence-corrected chi connectivity index (χ1v) is 11.3. The van der Waals surface area contributed by atoms with Gasteiger partial charge in [0.25, 0.3) is 0 Å². The van der Waals surface area contributed by atoms with Crippen LogP contribution in [0.4, 0.5) is 10.1 Å². The molecule has 162 valence electrons. The number of halogens is 1. The maximum atomic E-state index is 14.0. The van der Waals surface area contributed by atoms with Crippen molar-refractivity contribution in [3.8, 4) is 0 Å². The van der Waals surface area contributed by atoms with E-state index in [2.05, 4.69) is 30.6 Å². The van der Waals surface area contributed by atoms with Gasteiger partial charge in [-0.15, -0.1) is 0 Å². The van der Waals surface area contributed by atoms with E-state index in [0.717, 1.165) is 32.1 Å². The predicted molar refractivity (Wildman–Crippen MR) is 115 cm³/mol. The Labute approximate surface area is 175 Å². The number of aliphatic hydroxyl groups excluding tert-OH is 1. The highest BCUT2D eigenvalue weighted by atomic mass is 19.1. The van der Waals surface area contributed by atoms with Crippen molar-refractivity contribution >= 4 is 5.69 Å². The van der Waals surface area contributed by atoms with Crippen LogP contribution in [0.5, 0.6) is 0 Å². The Morgan fingerprint density at radius 2 is 1.90 bits per heavy atom. The first kappa shape index (κ1) is 21.1. The van der Waals surface area contributed by atoms with Crippen LogP contribution in [0, 0.1) is 22.6 Å². The highest BCUT2D eigenvalue weighted by molar-refractivity contribution is 5.47. The highest BCUT2D eigenvalue weighted by Gasteiger charge is 2.61. The van der Waals surface area contributed by atoms with Crippen LogP contribution in [0.25, 0.3) is 0 Å². The second kappa shape index (κ2) is 8.16. The summed E-state index contributed by atoms with van der Waals surface area (Å²) < 4.78 is 20.3. The summed E-state index contributed by atoms with van der Waals surface area (Å²) >= 11 is 0. The van der Waals surface area contributed by atoms with Gasteiger partial charge in [-0.2, -0.15) is 0 Å². The normalized spacial score (nSPS) is 32.7. The molecule has 4 atom stereocenters. The van der Waals surface area contributed by atoms with Crippen LogP contribution in [-0.4, -0.2) is 61.5 Å². The Morgan fingerprint density at radius 1 is 1.17 bits per heavy atom. The van der Waals surface area contributed by atoms with E-state index in [-0.39, 0.29) is 17.3 Å². The van der Waals surface area contributed by atoms with Gasteiger partial charge < -0.3 is 14.7 Å². The van der Waals surface area contributed by atoms with Crippen molar-refractivity contribution in [2.24, 2.45) is 16.7 Å². The number of piperazine rings is 1. The van der Waals surface area contributed by atoms with Gasteiger partial charge in [-0.05, 0) is 54.6 Å². The van der Waals surface area contributed by atoms with Crippen molar-refractivity contribution in [1.82, 2.24) is 4.90 Å². The van der Waals surface area contributed by atoms with E-state index in [0.29, 0.717) is 36.8 Å². The number of ether oxygens (including phenoxy) is 1. The van der Waals surface area contributed by atoms with Crippen molar-refractivity contribution in [1.29, 1.82) is 0 Å². The highest BCUT2D eigenvalue weighted by Crippen LogP contribution is 2.66. The topological polar surface area (TPSA) is 35.9 Å². The van der Waals surface area contributed by atoms with Crippen LogP contribution in [0.2, 0.25) is 0 Å². The summed E-state index contributed by atoms with van der Waals surface area (Å²) in [6, 6.07) is 6.97. The molecule has 1 aliphatic heterocycles. The number of para-hydroxylation sites is 1. The minimum atomic E-state index is -0.366. The fourth-order valence-electron chi connectivity index (χ4n) is 6.00. The van der Waals surface area contributed by atoms with E-state index in [4.69, 9.17) is 4.74 Å². The van der Waals surface area contributed by atoms with Crippen molar-refractivity contribution < 1.29 is 14.2 Å². The number of fused-ring (bicyclic) bond motifs is 2. The summed E-state index contributed by atoms with van der Waals surface area (Å²) in [6.45, 7) is 11.8. The third-order valence-electron chi connectivity index (χ3n) is 8.52. The number of hydrogen-bond acceptors (Lipinski definition) is 4. The third-order valence-corrected chi connectivity index (χ3v) is 8.52. The molecule has 0 spiro atoms. The molecule has 0 amide bonds. The Hall–Kier alpha value is -1.17. The summed E-state index contributed by atoms with van der Waals surface area (Å²) in [5.41, 5.74) is 1.34. The van der Waals surface area contributed by atoms with E-state index >= 15 is 0 Å². The number of β-amino-alcohol motifs (C(OH)–C–C–N with tert-alkyl or cyclic N) is 1. The van der Waals surface area contributed by atoms with Crippen LogP contribution in [0.3, 0.4) is 0 Å². The van der Waals surface area contributed by atoms with Gasteiger partial charge in [0, 0.05) is 39.3 Å². The monoisotopic (exact) mass is 404 g/mol. The molecule has 2 bridgehead atoms. The van der Waals surface area contributed by atoms with E-state index in [1.54, 1.807) is 6.07 Å². The van der Waals surface area contributed by atoms with Crippen LogP contribution >= 0.6 is 0 Å². The fraction of sp³-hybridized carbons (Fsp3) is 0.750. The van der Waals surface area contributed by atoms with Gasteiger partial charge in [0.05, 0.1) is 17.9 Å². The molecule has 1 aromatic carbocycles. The van der Waals surface area contributed by atoms with Crippen molar-refractivity contribution in [3.63, 3.8) is 0 Å². The number of rotatable bonds is 7. The summed E-state index contributed by atoms with van der Waals surface area (Å²) in [6.07, 6.45) is 4.44. The van der Waals surface area contributed by atoms with Gasteiger partial charge in [-0.25, -0.2) is 4.39 Å². The van der Waals surface area contributed by atoms with Crippen LogP contribution in [-0.2, 0) is 4.74 Å². The van der Waals surface area contributed by atoms with Crippen LogP contribution in [0.15, 0.2) is 24.3 Å². The number of nitrogens with zero attached hydrogens (tertiary/aromatic N) is 2. The average molecular weight is 405 g/mol. The molecule has 4 nitrogen and oxygen atoms in total. The van der Waals surface area contributed by atoms with Crippen molar-refractivity contribution in [2.45, 2.75) is 58.7 Å². The van der Waals surface area contributed by atoms with Gasteiger partial charge in [0.1, 0.15) is 5.82 Å². The van der Waals surface area contributed by atoms with Gasteiger partial charge in [0.15, 0.2) is 0 Å². The minimum absolute atomic E-state index is 0.157. The standard InChI is InChI=1S/C24H37FN2O2/c1-23(2)18-8-10-24(23,3)22(16-18)29-15-9-19(28)17-26-11-13-27(14-12-26)21-7-5-4-6-20(21)25/h4-7,18-19,22,28H,8-17H2,1-3H3/t18-,19+,22-,24-/m1/s1. The maximum absolute atomic E-state index is 14.0. The van der Waals surface area contributed by atoms with Gasteiger partial charge in [0.2, 0.25) is 0 Å². The molecule has 1 heterocycles. The van der Waals surface area contributed by atoms with Gasteiger partial charge >= 0.3 is 0 Å². The molecule has 4 rings (SSSR count). The molecule has 1 saturated heterocycles. The zero-order chi connectivity index (χ0) is 20.6. The molecular formula is C24H37FN2O2. The maximum Gasteiger partial charge on any atom is 0.146 e. The predicted octanol–water partition coefficient (Wildman–Crippen LogP) is 3.93. The molecule has 3 aliphatic rings. The molecule has 1 N–H and O–H groups in total. The Bertz CT molecular complexity index is 704. The number of aliphatic hydroxyl groups is 1. The molecule has 3 fully saturated rings. The molecule has 2 saturated carbocycles. The Balaban J connectivity index is 1.18. The SMILES string of the molecule is CC1(C)[C@@H]2CC[C@]1(C)[C@H](OCC[C@H](O)CN1CCN(c3ccccc3F)CC1)C2. The Kier molecular flexibility index (Phi) is 5.93. The number of benzene rings is 1. The summed E-state index contributed by atoms with van der Waals surface area (Å²) in [5, 5.41) is 10.5. The lowest BCUT2D eigenvalue weighted by Crippen LogP contribution is -2.49. The summed E-state index contributed by atoms with van der Waals surface area (Å²) in [7, 11) is 0. The molecule has 0 unspecified atom stereocenters. The largest absolute Gasteiger partial charge is 0.392 e. The molecule has 0 aromatic heterocycles. The molecule has 29 heavy (non-hydrogen) atoms. The van der Waals surface area contributed by atoms with E-state index in [9.17, 15) is 9.50 Å². The van der Waals surface area contributed by atoms with E-state index in [1.807, 2.05) is 12.1 Å². The second-order valence-electron chi connectivity index (χ2n) is 10.2. The zero-order valence-electron chi connectivity index (χ0n) is 18.2. The smallest absolute Gasteiger partial charge is 0.146 e. The van der Waals surface area contributed by atoms with E-state index in [1.165, 1.54) is 25.3 Å². The molecule has 1 aromatic rings. The quantitative estimate of drug-likeness (QED) is 0.747. The summed E-state index contributed by atoms with van der Waals surface area (Å²) in [5.74, 6) is 0.629. The summed E-state index contributed by atoms with van der Waals surface area (Å²) in [4.78, 5) is 4.38. The lowest BCUT2D eigenvalue weighted by atomic mass is 9.70. The zero-order valence-corrected chi connectivity index (χ0v) is 18.2. The first-order valence-electron chi connectivity index (χ1n) is 11.3. The fourth-order valence-corrected chi connectivity index (χ4v) is 6.00. The second-order valence-corrected chi connectivity index (χ2v) is 10.2. The lowest BCUT2D eigenvalue weighted by molar-refractivity contribution is -0.0564. The minimum Gasteiger partial charge on any atom is -0.392 e. The number of hydrogen-bond donors (Lipinski definition) is 1. The van der Waals surface area contributed by atoms with Crippen molar-refractivity contribution in [3.05, 3.63) is 30.1 Å². The van der Waals surface area contributed by atoms with Crippen LogP contribution < -0.4 is 4.90 Å². The molecule has 0 radical (unpaired) electrons. The molecular weight excluding hydrogens is 367 g/mol. The number of anilines is 1. The molecule has 2 aliphatic carbocycles. The Morgan fingerprint density at radius 3 is 2.52 bits per heavy atom. The van der Waals surface area contributed by atoms with E-state index < -0.39 is 0 Å². The van der Waals surface area contributed by atoms with Gasteiger partial charge in [-0.1, -0.05) is 32.9 Å². The van der Waals surface area contributed by atoms with Gasteiger partial charge in [-0.3, -0.25) is 4.90 Å². The first-order chi connectivity index (χ1) is 13.8. The van der Waals surface area contributed by atoms with Crippen molar-refractivity contribution in [2.75, 3.05) is 44.2 Å².